The van der Waals surface area contributed by atoms with Crippen LogP contribution in [0.25, 0.3) is 0 Å². The molecule has 0 bridgehead atoms. The fourth-order valence-electron chi connectivity index (χ4n) is 2.70. The number of hydrogen-bond acceptors (Lipinski definition) is 4. The molecule has 130 valence electrons. The third-order valence-electron chi connectivity index (χ3n) is 4.04. The summed E-state index contributed by atoms with van der Waals surface area (Å²) < 4.78 is 5.93. The van der Waals surface area contributed by atoms with Crippen molar-refractivity contribution in [3.05, 3.63) is 64.7 Å². The lowest BCUT2D eigenvalue weighted by Gasteiger charge is -2.14. The second kappa shape index (κ2) is 7.93. The van der Waals surface area contributed by atoms with Gasteiger partial charge >= 0.3 is 0 Å². The Hall–Kier alpha value is -1.98. The molecule has 0 spiro atoms. The number of halogens is 1. The molecule has 2 aromatic carbocycles. The molecule has 1 aliphatic heterocycles. The highest BCUT2D eigenvalue weighted by Gasteiger charge is 2.38. The molecule has 0 N–H and O–H groups in total. The van der Waals surface area contributed by atoms with Crippen molar-refractivity contribution in [3.63, 3.8) is 0 Å². The van der Waals surface area contributed by atoms with E-state index in [1.54, 1.807) is 6.92 Å². The number of carbonyl (C=O) groups excluding carboxylic acids is 2. The lowest BCUT2D eigenvalue weighted by Crippen LogP contribution is -2.31. The minimum Gasteiger partial charge on any atom is -0.489 e. The van der Waals surface area contributed by atoms with Crippen LogP contribution in [0.3, 0.4) is 0 Å². The molecule has 25 heavy (non-hydrogen) atoms. The standard InChI is InChI=1S/C19H18ClNO3S/c1-2-21-18(22)17(25-19(21)23)11-13-7-4-6-10-16(13)24-12-14-8-3-5-9-15(14)20/h3-10,17H,2,11-12H2,1H3/t17-/m1/s1. The number of thioether (sulfide) groups is 1. The minimum absolute atomic E-state index is 0.126. The van der Waals surface area contributed by atoms with Crippen molar-refractivity contribution >= 4 is 34.5 Å². The molecule has 0 radical (unpaired) electrons. The van der Waals surface area contributed by atoms with Crippen molar-refractivity contribution in [1.82, 2.24) is 4.90 Å². The molecule has 0 aromatic heterocycles. The van der Waals surface area contributed by atoms with Crippen LogP contribution in [0.5, 0.6) is 5.75 Å². The van der Waals surface area contributed by atoms with E-state index in [0.29, 0.717) is 30.3 Å². The lowest BCUT2D eigenvalue weighted by molar-refractivity contribution is -0.126. The second-order valence-corrected chi connectivity index (χ2v) is 7.21. The van der Waals surface area contributed by atoms with E-state index in [9.17, 15) is 9.59 Å². The average Bonchev–Trinajstić information content (AvgIpc) is 2.88. The molecule has 1 aliphatic rings. The van der Waals surface area contributed by atoms with Crippen LogP contribution in [-0.2, 0) is 17.8 Å². The average molecular weight is 376 g/mol. The summed E-state index contributed by atoms with van der Waals surface area (Å²) in [5.41, 5.74) is 1.81. The minimum atomic E-state index is -0.391. The Kier molecular flexibility index (Phi) is 5.66. The monoisotopic (exact) mass is 375 g/mol. The Morgan fingerprint density at radius 3 is 2.44 bits per heavy atom. The number of carbonyl (C=O) groups is 2. The molecule has 2 amide bonds. The van der Waals surface area contributed by atoms with E-state index in [1.807, 2.05) is 48.5 Å². The number of nitrogens with zero attached hydrogens (tertiary/aromatic N) is 1. The quantitative estimate of drug-likeness (QED) is 0.743. The fourth-order valence-corrected chi connectivity index (χ4v) is 3.97. The second-order valence-electron chi connectivity index (χ2n) is 5.65. The number of rotatable bonds is 6. The molecule has 1 heterocycles. The molecule has 2 aromatic rings. The number of amides is 2. The maximum Gasteiger partial charge on any atom is 0.289 e. The molecular weight excluding hydrogens is 358 g/mol. The van der Waals surface area contributed by atoms with E-state index < -0.39 is 5.25 Å². The molecule has 0 saturated carbocycles. The zero-order valence-corrected chi connectivity index (χ0v) is 15.3. The molecule has 1 atom stereocenters. The van der Waals surface area contributed by atoms with Crippen LogP contribution >= 0.6 is 23.4 Å². The predicted octanol–water partition coefficient (Wildman–Crippen LogP) is 4.55. The van der Waals surface area contributed by atoms with Crippen molar-refractivity contribution in [2.45, 2.75) is 25.2 Å². The SMILES string of the molecule is CCN1C(=O)S[C@H](Cc2ccccc2OCc2ccccc2Cl)C1=O. The first-order valence-electron chi connectivity index (χ1n) is 8.06. The summed E-state index contributed by atoms with van der Waals surface area (Å²) in [5.74, 6) is 0.580. The van der Waals surface area contributed by atoms with Crippen molar-refractivity contribution < 1.29 is 14.3 Å². The third-order valence-corrected chi connectivity index (χ3v) is 5.48. The van der Waals surface area contributed by atoms with E-state index in [0.717, 1.165) is 22.9 Å². The maximum atomic E-state index is 12.3. The van der Waals surface area contributed by atoms with Gasteiger partial charge in [-0.1, -0.05) is 59.8 Å². The Morgan fingerprint density at radius 1 is 1.08 bits per heavy atom. The van der Waals surface area contributed by atoms with Crippen LogP contribution in [0.1, 0.15) is 18.1 Å². The van der Waals surface area contributed by atoms with Gasteiger partial charge in [-0.2, -0.15) is 0 Å². The van der Waals surface area contributed by atoms with Gasteiger partial charge in [0.25, 0.3) is 5.24 Å². The number of benzene rings is 2. The maximum absolute atomic E-state index is 12.3. The Bertz CT molecular complexity index is 796. The Labute approximate surface area is 156 Å². The van der Waals surface area contributed by atoms with Gasteiger partial charge in [-0.3, -0.25) is 14.5 Å². The number of imide groups is 1. The van der Waals surface area contributed by atoms with Crippen LogP contribution in [0.2, 0.25) is 5.02 Å². The van der Waals surface area contributed by atoms with Crippen LogP contribution in [-0.4, -0.2) is 27.8 Å². The van der Waals surface area contributed by atoms with Gasteiger partial charge in [0.15, 0.2) is 0 Å². The van der Waals surface area contributed by atoms with Crippen LogP contribution < -0.4 is 4.74 Å². The molecule has 1 fully saturated rings. The van der Waals surface area contributed by atoms with Gasteiger partial charge in [-0.05, 0) is 31.0 Å². The van der Waals surface area contributed by atoms with E-state index >= 15 is 0 Å². The number of hydrogen-bond donors (Lipinski definition) is 0. The molecule has 4 nitrogen and oxygen atoms in total. The molecule has 0 unspecified atom stereocenters. The van der Waals surface area contributed by atoms with Crippen LogP contribution in [0.4, 0.5) is 4.79 Å². The molecule has 0 aliphatic carbocycles. The molecular formula is C19H18ClNO3S. The van der Waals surface area contributed by atoms with Crippen molar-refractivity contribution in [1.29, 1.82) is 0 Å². The lowest BCUT2D eigenvalue weighted by atomic mass is 10.1. The van der Waals surface area contributed by atoms with Gasteiger partial charge < -0.3 is 4.74 Å². The van der Waals surface area contributed by atoms with Crippen molar-refractivity contribution in [2.75, 3.05) is 6.54 Å². The van der Waals surface area contributed by atoms with Gasteiger partial charge in [0.1, 0.15) is 12.4 Å². The smallest absolute Gasteiger partial charge is 0.289 e. The van der Waals surface area contributed by atoms with Gasteiger partial charge in [0.05, 0.1) is 5.25 Å². The molecule has 6 heteroatoms. The fraction of sp³-hybridized carbons (Fsp3) is 0.263. The number of ether oxygens (including phenoxy) is 1. The van der Waals surface area contributed by atoms with Gasteiger partial charge in [-0.25, -0.2) is 0 Å². The third kappa shape index (κ3) is 3.99. The first kappa shape index (κ1) is 17.8. The van der Waals surface area contributed by atoms with Crippen LogP contribution in [0.15, 0.2) is 48.5 Å². The first-order valence-corrected chi connectivity index (χ1v) is 9.32. The first-order chi connectivity index (χ1) is 12.1. The van der Waals surface area contributed by atoms with Gasteiger partial charge in [0.2, 0.25) is 5.91 Å². The molecule has 3 rings (SSSR count). The highest BCUT2D eigenvalue weighted by atomic mass is 35.5. The van der Waals surface area contributed by atoms with E-state index in [2.05, 4.69) is 0 Å². The summed E-state index contributed by atoms with van der Waals surface area (Å²) in [6.07, 6.45) is 0.463. The summed E-state index contributed by atoms with van der Waals surface area (Å²) in [6, 6.07) is 15.1. The summed E-state index contributed by atoms with van der Waals surface area (Å²) in [4.78, 5) is 25.5. The topological polar surface area (TPSA) is 46.6 Å². The van der Waals surface area contributed by atoms with E-state index in [1.165, 1.54) is 4.90 Å². The van der Waals surface area contributed by atoms with Crippen LogP contribution in [0, 0.1) is 0 Å². The largest absolute Gasteiger partial charge is 0.489 e. The van der Waals surface area contributed by atoms with E-state index in [-0.39, 0.29) is 11.1 Å². The summed E-state index contributed by atoms with van der Waals surface area (Å²) in [5, 5.41) is 0.0928. The normalized spacial score (nSPS) is 17.2. The summed E-state index contributed by atoms with van der Waals surface area (Å²) in [6.45, 7) is 2.56. The predicted molar refractivity (Wildman–Crippen MR) is 100 cm³/mol. The van der Waals surface area contributed by atoms with E-state index in [4.69, 9.17) is 16.3 Å². The highest BCUT2D eigenvalue weighted by Crippen LogP contribution is 2.32. The van der Waals surface area contributed by atoms with Gasteiger partial charge in [-0.15, -0.1) is 0 Å². The zero-order valence-electron chi connectivity index (χ0n) is 13.8. The molecule has 1 saturated heterocycles. The Morgan fingerprint density at radius 2 is 1.76 bits per heavy atom. The Balaban J connectivity index is 1.72. The van der Waals surface area contributed by atoms with Gasteiger partial charge in [0, 0.05) is 17.1 Å². The van der Waals surface area contributed by atoms with Crippen molar-refractivity contribution in [3.8, 4) is 5.75 Å². The number of para-hydroxylation sites is 1. The van der Waals surface area contributed by atoms with Crippen molar-refractivity contribution in [2.24, 2.45) is 0 Å². The summed E-state index contributed by atoms with van der Waals surface area (Å²) >= 11 is 7.25. The zero-order chi connectivity index (χ0) is 17.8. The summed E-state index contributed by atoms with van der Waals surface area (Å²) in [7, 11) is 0. The highest BCUT2D eigenvalue weighted by molar-refractivity contribution is 8.15.